The number of benzene rings is 1. The summed E-state index contributed by atoms with van der Waals surface area (Å²) in [5.41, 5.74) is 3.53. The summed E-state index contributed by atoms with van der Waals surface area (Å²) in [6.45, 7) is 4.22. The summed E-state index contributed by atoms with van der Waals surface area (Å²) < 4.78 is 0. The third-order valence-electron chi connectivity index (χ3n) is 2.96. The Labute approximate surface area is 113 Å². The van der Waals surface area contributed by atoms with Crippen molar-refractivity contribution in [3.63, 3.8) is 0 Å². The summed E-state index contributed by atoms with van der Waals surface area (Å²) in [5.74, 6) is 1.13. The van der Waals surface area contributed by atoms with E-state index in [0.29, 0.717) is 11.5 Å². The fraction of sp³-hybridized carbons (Fsp3) is 0.267. The van der Waals surface area contributed by atoms with Gasteiger partial charge in [0.25, 0.3) is 0 Å². The molecule has 2 aromatic rings. The number of anilines is 1. The lowest BCUT2D eigenvalue weighted by Gasteiger charge is -2.15. The van der Waals surface area contributed by atoms with Crippen molar-refractivity contribution in [3.05, 3.63) is 41.7 Å². The highest BCUT2D eigenvalue weighted by Gasteiger charge is 2.15. The molecule has 0 saturated heterocycles. The predicted octanol–water partition coefficient (Wildman–Crippen LogP) is 3.18. The van der Waals surface area contributed by atoms with E-state index in [0.717, 1.165) is 22.6 Å². The summed E-state index contributed by atoms with van der Waals surface area (Å²) >= 11 is 0. The summed E-state index contributed by atoms with van der Waals surface area (Å²) in [6.07, 6.45) is 1.55. The van der Waals surface area contributed by atoms with Gasteiger partial charge in [0.2, 0.25) is 0 Å². The van der Waals surface area contributed by atoms with Crippen LogP contribution in [0.25, 0.3) is 11.3 Å². The van der Waals surface area contributed by atoms with E-state index >= 15 is 0 Å². The fourth-order valence-corrected chi connectivity index (χ4v) is 2.11. The molecule has 1 N–H and O–H groups in total. The monoisotopic (exact) mass is 252 g/mol. The Balaban J connectivity index is 2.65. The molecule has 0 amide bonds. The van der Waals surface area contributed by atoms with Gasteiger partial charge in [-0.05, 0) is 18.1 Å². The van der Waals surface area contributed by atoms with Gasteiger partial charge in [-0.15, -0.1) is 0 Å². The normalized spacial score (nSPS) is 10.3. The Morgan fingerprint density at radius 1 is 1.26 bits per heavy atom. The molecular formula is C15H16N4. The first-order chi connectivity index (χ1) is 9.17. The van der Waals surface area contributed by atoms with Gasteiger partial charge in [-0.1, -0.05) is 26.0 Å². The number of hydrogen-bond donors (Lipinski definition) is 1. The average Bonchev–Trinajstić information content (AvgIpc) is 2.46. The quantitative estimate of drug-likeness (QED) is 0.911. The lowest BCUT2D eigenvalue weighted by molar-refractivity contribution is 0.852. The minimum Gasteiger partial charge on any atom is -0.373 e. The van der Waals surface area contributed by atoms with Crippen molar-refractivity contribution in [3.8, 4) is 17.3 Å². The van der Waals surface area contributed by atoms with Crippen molar-refractivity contribution < 1.29 is 0 Å². The van der Waals surface area contributed by atoms with E-state index in [1.807, 2.05) is 25.2 Å². The zero-order valence-electron chi connectivity index (χ0n) is 11.3. The summed E-state index contributed by atoms with van der Waals surface area (Å²) in [4.78, 5) is 8.65. The van der Waals surface area contributed by atoms with E-state index in [2.05, 4.69) is 35.2 Å². The largest absolute Gasteiger partial charge is 0.373 e. The maximum absolute atomic E-state index is 8.99. The van der Waals surface area contributed by atoms with Gasteiger partial charge >= 0.3 is 0 Å². The first-order valence-electron chi connectivity index (χ1n) is 6.20. The molecule has 0 spiro atoms. The van der Waals surface area contributed by atoms with Crippen molar-refractivity contribution in [2.75, 3.05) is 12.4 Å². The minimum atomic E-state index is 0.296. The van der Waals surface area contributed by atoms with E-state index in [9.17, 15) is 0 Å². The maximum atomic E-state index is 8.99. The second-order valence-corrected chi connectivity index (χ2v) is 4.58. The molecule has 0 atom stereocenters. The van der Waals surface area contributed by atoms with Crippen LogP contribution < -0.4 is 5.32 Å². The second kappa shape index (κ2) is 5.49. The van der Waals surface area contributed by atoms with Crippen LogP contribution in [-0.4, -0.2) is 17.0 Å². The van der Waals surface area contributed by atoms with E-state index in [1.54, 1.807) is 12.4 Å². The van der Waals surface area contributed by atoms with E-state index in [1.165, 1.54) is 0 Å². The Bertz CT molecular complexity index is 626. The SMILES string of the molecule is CNc1ncnc(-c2cccc(C#N)c2)c1C(C)C. The highest BCUT2D eigenvalue weighted by Crippen LogP contribution is 2.31. The molecule has 19 heavy (non-hydrogen) atoms. The van der Waals surface area contributed by atoms with Crippen molar-refractivity contribution in [2.45, 2.75) is 19.8 Å². The van der Waals surface area contributed by atoms with Gasteiger partial charge in [0.05, 0.1) is 17.3 Å². The molecule has 0 radical (unpaired) electrons. The van der Waals surface area contributed by atoms with Crippen LogP contribution in [0.1, 0.15) is 30.9 Å². The number of hydrogen-bond acceptors (Lipinski definition) is 4. The number of nitrogens with zero attached hydrogens (tertiary/aromatic N) is 3. The highest BCUT2D eigenvalue weighted by atomic mass is 15.0. The summed E-state index contributed by atoms with van der Waals surface area (Å²) in [6, 6.07) is 9.64. The Morgan fingerprint density at radius 3 is 2.68 bits per heavy atom. The van der Waals surface area contributed by atoms with Crippen LogP contribution in [-0.2, 0) is 0 Å². The third kappa shape index (κ3) is 2.55. The van der Waals surface area contributed by atoms with E-state index in [-0.39, 0.29) is 0 Å². The summed E-state index contributed by atoms with van der Waals surface area (Å²) in [5, 5.41) is 12.1. The van der Waals surface area contributed by atoms with E-state index < -0.39 is 0 Å². The van der Waals surface area contributed by atoms with Gasteiger partial charge < -0.3 is 5.32 Å². The standard InChI is InChI=1S/C15H16N4/c1-10(2)13-14(18-9-19-15(13)17-3)12-6-4-5-11(7-12)8-16/h4-7,9-10H,1-3H3,(H,17,18,19). The topological polar surface area (TPSA) is 61.6 Å². The van der Waals surface area contributed by atoms with Crippen LogP contribution >= 0.6 is 0 Å². The van der Waals surface area contributed by atoms with Crippen molar-refractivity contribution >= 4 is 5.82 Å². The Hall–Kier alpha value is -2.41. The van der Waals surface area contributed by atoms with Gasteiger partial charge in [0.1, 0.15) is 12.1 Å². The lowest BCUT2D eigenvalue weighted by Crippen LogP contribution is -2.04. The van der Waals surface area contributed by atoms with Crippen molar-refractivity contribution in [2.24, 2.45) is 0 Å². The molecule has 0 saturated carbocycles. The van der Waals surface area contributed by atoms with Gasteiger partial charge in [-0.2, -0.15) is 5.26 Å². The van der Waals surface area contributed by atoms with Crippen molar-refractivity contribution in [1.82, 2.24) is 9.97 Å². The zero-order chi connectivity index (χ0) is 13.8. The number of nitrogens with one attached hydrogen (secondary N) is 1. The molecule has 4 heteroatoms. The van der Waals surface area contributed by atoms with Gasteiger partial charge in [-0.3, -0.25) is 0 Å². The molecule has 4 nitrogen and oxygen atoms in total. The molecule has 96 valence electrons. The molecule has 0 fully saturated rings. The molecule has 1 aromatic carbocycles. The second-order valence-electron chi connectivity index (χ2n) is 4.58. The molecular weight excluding hydrogens is 236 g/mol. The van der Waals surface area contributed by atoms with E-state index in [4.69, 9.17) is 5.26 Å². The molecule has 0 bridgehead atoms. The number of aromatic nitrogens is 2. The molecule has 0 aliphatic rings. The van der Waals surface area contributed by atoms with Gasteiger partial charge in [0, 0.05) is 18.2 Å². The number of nitriles is 1. The number of rotatable bonds is 3. The molecule has 0 aliphatic carbocycles. The predicted molar refractivity (Wildman–Crippen MR) is 75.8 cm³/mol. The van der Waals surface area contributed by atoms with Crippen LogP contribution in [0.15, 0.2) is 30.6 Å². The third-order valence-corrected chi connectivity index (χ3v) is 2.96. The van der Waals surface area contributed by atoms with Crippen LogP contribution in [0.2, 0.25) is 0 Å². The minimum absolute atomic E-state index is 0.296. The first-order valence-corrected chi connectivity index (χ1v) is 6.20. The van der Waals surface area contributed by atoms with Crippen molar-refractivity contribution in [1.29, 1.82) is 5.26 Å². The van der Waals surface area contributed by atoms with Crippen LogP contribution in [0.4, 0.5) is 5.82 Å². The maximum Gasteiger partial charge on any atom is 0.133 e. The molecule has 1 aromatic heterocycles. The lowest BCUT2D eigenvalue weighted by atomic mass is 9.96. The molecule has 1 heterocycles. The molecule has 0 aliphatic heterocycles. The first kappa shape index (κ1) is 13.0. The van der Waals surface area contributed by atoms with Crippen LogP contribution in [0.5, 0.6) is 0 Å². The Morgan fingerprint density at radius 2 is 2.05 bits per heavy atom. The van der Waals surface area contributed by atoms with Gasteiger partial charge in [0.15, 0.2) is 0 Å². The fourth-order valence-electron chi connectivity index (χ4n) is 2.11. The smallest absolute Gasteiger partial charge is 0.133 e. The zero-order valence-corrected chi connectivity index (χ0v) is 11.3. The van der Waals surface area contributed by atoms with Crippen LogP contribution in [0, 0.1) is 11.3 Å². The van der Waals surface area contributed by atoms with Crippen LogP contribution in [0.3, 0.4) is 0 Å². The summed E-state index contributed by atoms with van der Waals surface area (Å²) in [7, 11) is 1.85. The highest BCUT2D eigenvalue weighted by molar-refractivity contribution is 5.70. The molecule has 2 rings (SSSR count). The Kier molecular flexibility index (Phi) is 3.76. The molecule has 0 unspecified atom stereocenters. The van der Waals surface area contributed by atoms with Gasteiger partial charge in [-0.25, -0.2) is 9.97 Å². The average molecular weight is 252 g/mol.